The molecule has 82 valence electrons. The lowest BCUT2D eigenvalue weighted by molar-refractivity contribution is 0.259. The van der Waals surface area contributed by atoms with Crippen LogP contribution in [0.25, 0.3) is 0 Å². The zero-order chi connectivity index (χ0) is 10.8. The molecule has 2 N–H and O–H groups in total. The summed E-state index contributed by atoms with van der Waals surface area (Å²) < 4.78 is 22.9. The Kier molecular flexibility index (Phi) is 3.72. The van der Waals surface area contributed by atoms with Crippen molar-refractivity contribution in [2.45, 2.75) is 37.9 Å². The summed E-state index contributed by atoms with van der Waals surface area (Å²) in [6, 6.07) is 0. The fourth-order valence-corrected chi connectivity index (χ4v) is 3.79. The summed E-state index contributed by atoms with van der Waals surface area (Å²) in [6.45, 7) is 5.57. The predicted molar refractivity (Wildman–Crippen MR) is 58.2 cm³/mol. The summed E-state index contributed by atoms with van der Waals surface area (Å²) in [6.07, 6.45) is 5.63. The Balaban J connectivity index is 2.75. The molecule has 1 saturated carbocycles. The predicted octanol–water partition coefficient (Wildman–Crippen LogP) is 1.66. The molecule has 4 heteroatoms. The van der Waals surface area contributed by atoms with Crippen LogP contribution in [0.15, 0.2) is 12.7 Å². The molecule has 0 unspecified atom stereocenters. The third kappa shape index (κ3) is 2.58. The highest BCUT2D eigenvalue weighted by Gasteiger charge is 2.37. The van der Waals surface area contributed by atoms with Gasteiger partial charge in [-0.3, -0.25) is 0 Å². The van der Waals surface area contributed by atoms with E-state index in [0.717, 1.165) is 25.7 Å². The molecule has 0 saturated heterocycles. The Labute approximate surface area is 86.4 Å². The highest BCUT2D eigenvalue weighted by Crippen LogP contribution is 2.36. The van der Waals surface area contributed by atoms with Gasteiger partial charge >= 0.3 is 0 Å². The molecule has 1 aliphatic rings. The highest BCUT2D eigenvalue weighted by molar-refractivity contribution is 7.89. The molecule has 3 nitrogen and oxygen atoms in total. The van der Waals surface area contributed by atoms with Gasteiger partial charge in [0.25, 0.3) is 0 Å². The van der Waals surface area contributed by atoms with Gasteiger partial charge in [-0.25, -0.2) is 13.6 Å². The molecular weight excluding hydrogens is 198 g/mol. The van der Waals surface area contributed by atoms with Gasteiger partial charge < -0.3 is 0 Å². The first-order valence-corrected chi connectivity index (χ1v) is 6.70. The second-order valence-corrected chi connectivity index (χ2v) is 5.97. The van der Waals surface area contributed by atoms with Crippen LogP contribution in [0.3, 0.4) is 0 Å². The number of sulfonamides is 1. The lowest BCUT2D eigenvalue weighted by Crippen LogP contribution is -2.42. The minimum atomic E-state index is -3.39. The molecule has 0 aliphatic heterocycles. The smallest absolute Gasteiger partial charge is 0.212 e. The molecule has 0 radical (unpaired) electrons. The van der Waals surface area contributed by atoms with Gasteiger partial charge in [0.2, 0.25) is 10.0 Å². The fraction of sp³-hybridized carbons (Fsp3) is 0.800. The van der Waals surface area contributed by atoms with Crippen LogP contribution in [0.4, 0.5) is 0 Å². The van der Waals surface area contributed by atoms with Gasteiger partial charge in [0.1, 0.15) is 0 Å². The summed E-state index contributed by atoms with van der Waals surface area (Å²) in [7, 11) is -3.39. The quantitative estimate of drug-likeness (QED) is 0.712. The zero-order valence-corrected chi connectivity index (χ0v) is 9.46. The first kappa shape index (κ1) is 11.7. The van der Waals surface area contributed by atoms with Crippen LogP contribution in [-0.2, 0) is 10.0 Å². The van der Waals surface area contributed by atoms with Crippen LogP contribution in [-0.4, -0.2) is 13.7 Å². The maximum atomic E-state index is 11.4. The van der Waals surface area contributed by atoms with Crippen molar-refractivity contribution in [1.29, 1.82) is 0 Å². The van der Waals surface area contributed by atoms with Gasteiger partial charge in [-0.2, -0.15) is 0 Å². The number of hydrogen-bond donors (Lipinski definition) is 1. The van der Waals surface area contributed by atoms with E-state index in [0.29, 0.717) is 0 Å². The molecule has 1 aliphatic carbocycles. The molecule has 0 aromatic rings. The Bertz CT molecular complexity index is 293. The van der Waals surface area contributed by atoms with E-state index in [1.807, 2.05) is 6.92 Å². The number of hydrogen-bond acceptors (Lipinski definition) is 2. The molecule has 1 rings (SSSR count). The van der Waals surface area contributed by atoms with Crippen molar-refractivity contribution < 1.29 is 8.42 Å². The largest absolute Gasteiger partial charge is 0.228 e. The van der Waals surface area contributed by atoms with E-state index in [1.165, 1.54) is 0 Å². The molecule has 2 atom stereocenters. The monoisotopic (exact) mass is 217 g/mol. The van der Waals surface area contributed by atoms with Crippen molar-refractivity contribution >= 4 is 10.0 Å². The van der Waals surface area contributed by atoms with E-state index in [9.17, 15) is 8.42 Å². The van der Waals surface area contributed by atoms with Crippen molar-refractivity contribution in [2.75, 3.05) is 0 Å². The third-order valence-electron chi connectivity index (χ3n) is 3.09. The Morgan fingerprint density at radius 1 is 1.57 bits per heavy atom. The number of allylic oxidation sites excluding steroid dienone is 1. The number of rotatable bonds is 5. The average Bonchev–Trinajstić information content (AvgIpc) is 1.94. The van der Waals surface area contributed by atoms with Gasteiger partial charge in [-0.15, -0.1) is 6.58 Å². The van der Waals surface area contributed by atoms with Crippen LogP contribution in [0.1, 0.15) is 32.6 Å². The molecule has 0 spiro atoms. The van der Waals surface area contributed by atoms with Crippen LogP contribution >= 0.6 is 0 Å². The van der Waals surface area contributed by atoms with E-state index < -0.39 is 10.0 Å². The second kappa shape index (κ2) is 4.45. The molecule has 0 heterocycles. The van der Waals surface area contributed by atoms with Crippen molar-refractivity contribution in [1.82, 2.24) is 0 Å². The first-order chi connectivity index (χ1) is 6.46. The summed E-state index contributed by atoms with van der Waals surface area (Å²) >= 11 is 0. The van der Waals surface area contributed by atoms with Crippen molar-refractivity contribution in [3.63, 3.8) is 0 Å². The molecule has 0 aromatic carbocycles. The first-order valence-electron chi connectivity index (χ1n) is 5.09. The van der Waals surface area contributed by atoms with Gasteiger partial charge in [0.05, 0.1) is 5.25 Å². The van der Waals surface area contributed by atoms with Crippen molar-refractivity contribution in [3.8, 4) is 0 Å². The zero-order valence-electron chi connectivity index (χ0n) is 8.65. The molecular formula is C10H19NO2S. The van der Waals surface area contributed by atoms with Crippen molar-refractivity contribution in [3.05, 3.63) is 12.7 Å². The lowest BCUT2D eigenvalue weighted by atomic mass is 9.78. The van der Waals surface area contributed by atoms with E-state index in [4.69, 9.17) is 5.14 Å². The van der Waals surface area contributed by atoms with Crippen molar-refractivity contribution in [2.24, 2.45) is 17.0 Å². The van der Waals surface area contributed by atoms with E-state index in [1.54, 1.807) is 6.08 Å². The summed E-state index contributed by atoms with van der Waals surface area (Å²) in [5, 5.41) is 4.89. The Morgan fingerprint density at radius 2 is 2.14 bits per heavy atom. The number of nitrogens with two attached hydrogens (primary N) is 1. The van der Waals surface area contributed by atoms with Crippen LogP contribution in [0.2, 0.25) is 0 Å². The molecule has 0 amide bonds. The average molecular weight is 217 g/mol. The SMILES string of the molecule is C=CC[C@@H](C)[C@@H](C1CCC1)S(N)(=O)=O. The van der Waals surface area contributed by atoms with E-state index >= 15 is 0 Å². The van der Waals surface area contributed by atoms with Gasteiger partial charge in [0, 0.05) is 0 Å². The van der Waals surface area contributed by atoms with Gasteiger partial charge in [-0.1, -0.05) is 19.4 Å². The molecule has 14 heavy (non-hydrogen) atoms. The lowest BCUT2D eigenvalue weighted by Gasteiger charge is -2.35. The summed E-state index contributed by atoms with van der Waals surface area (Å²) in [5.41, 5.74) is 0. The third-order valence-corrected chi connectivity index (χ3v) is 4.70. The maximum Gasteiger partial charge on any atom is 0.212 e. The van der Waals surface area contributed by atoms with Crippen LogP contribution in [0.5, 0.6) is 0 Å². The topological polar surface area (TPSA) is 60.2 Å². The minimum Gasteiger partial charge on any atom is -0.228 e. The Morgan fingerprint density at radius 3 is 2.43 bits per heavy atom. The summed E-state index contributed by atoms with van der Waals surface area (Å²) in [5.74, 6) is 0.368. The van der Waals surface area contributed by atoms with Gasteiger partial charge in [-0.05, 0) is 31.1 Å². The Hall–Kier alpha value is -0.350. The van der Waals surface area contributed by atoms with E-state index in [-0.39, 0.29) is 17.1 Å². The number of primary sulfonamides is 1. The molecule has 1 fully saturated rings. The maximum absolute atomic E-state index is 11.4. The normalized spacial score (nSPS) is 22.4. The summed E-state index contributed by atoms with van der Waals surface area (Å²) in [4.78, 5) is 0. The minimum absolute atomic E-state index is 0.0906. The van der Waals surface area contributed by atoms with E-state index in [2.05, 4.69) is 6.58 Å². The highest BCUT2D eigenvalue weighted by atomic mass is 32.2. The molecule has 0 aromatic heterocycles. The van der Waals surface area contributed by atoms with Gasteiger partial charge in [0.15, 0.2) is 0 Å². The van der Waals surface area contributed by atoms with Crippen LogP contribution in [0, 0.1) is 11.8 Å². The fourth-order valence-electron chi connectivity index (χ4n) is 2.22. The standard InChI is InChI=1S/C10H19NO2S/c1-3-5-8(2)10(14(11,12)13)9-6-4-7-9/h3,8-10H,1,4-7H2,2H3,(H2,11,12,13)/t8-,10+/m1/s1. The molecule has 0 bridgehead atoms. The second-order valence-electron chi connectivity index (χ2n) is 4.25. The van der Waals surface area contributed by atoms with Crippen LogP contribution < -0.4 is 5.14 Å².